The molecule has 3 rings (SSSR count). The van der Waals surface area contributed by atoms with Crippen LogP contribution in [-0.4, -0.2) is 42.1 Å². The van der Waals surface area contributed by atoms with Crippen LogP contribution in [-0.2, 0) is 4.74 Å². The molecule has 0 N–H and O–H groups in total. The van der Waals surface area contributed by atoms with E-state index in [2.05, 4.69) is 0 Å². The van der Waals surface area contributed by atoms with Gasteiger partial charge in [0.2, 0.25) is 0 Å². The highest BCUT2D eigenvalue weighted by atomic mass is 32.1. The Kier molecular flexibility index (Phi) is 6.39. The molecular weight excluding hydrogens is 372 g/mol. The maximum absolute atomic E-state index is 13.1. The maximum atomic E-state index is 13.1. The number of thiophene rings is 1. The van der Waals surface area contributed by atoms with Crippen LogP contribution < -0.4 is 4.90 Å². The molecule has 1 aliphatic heterocycles. The lowest BCUT2D eigenvalue weighted by Gasteiger charge is -2.36. The third-order valence-corrected chi connectivity index (χ3v) is 5.51. The number of hydrogen-bond acceptors (Lipinski definition) is 4. The van der Waals surface area contributed by atoms with Crippen LogP contribution in [0.15, 0.2) is 47.8 Å². The minimum Gasteiger partial charge on any atom is -0.444 e. The molecule has 0 radical (unpaired) electrons. The van der Waals surface area contributed by atoms with Gasteiger partial charge in [0.05, 0.1) is 4.88 Å². The number of carbonyl (C=O) groups is 2. The molecule has 0 bridgehead atoms. The van der Waals surface area contributed by atoms with Gasteiger partial charge in [-0.05, 0) is 63.1 Å². The highest BCUT2D eigenvalue weighted by Crippen LogP contribution is 2.25. The first-order valence-corrected chi connectivity index (χ1v) is 10.6. The maximum Gasteiger partial charge on any atom is 0.410 e. The molecule has 0 saturated carbocycles. The fourth-order valence-electron chi connectivity index (χ4n) is 3.41. The second kappa shape index (κ2) is 8.78. The number of amides is 2. The highest BCUT2D eigenvalue weighted by Gasteiger charge is 2.30. The second-order valence-electron chi connectivity index (χ2n) is 8.16. The lowest BCUT2D eigenvalue weighted by molar-refractivity contribution is 0.0170. The van der Waals surface area contributed by atoms with Gasteiger partial charge in [-0.2, -0.15) is 0 Å². The number of ether oxygens (including phenoxy) is 1. The van der Waals surface area contributed by atoms with Gasteiger partial charge in [0.1, 0.15) is 5.60 Å². The van der Waals surface area contributed by atoms with E-state index in [1.807, 2.05) is 73.5 Å². The van der Waals surface area contributed by atoms with Gasteiger partial charge in [-0.1, -0.05) is 24.3 Å². The zero-order chi connectivity index (χ0) is 20.1. The van der Waals surface area contributed by atoms with Gasteiger partial charge in [-0.25, -0.2) is 4.79 Å². The molecule has 2 amide bonds. The summed E-state index contributed by atoms with van der Waals surface area (Å²) in [5.74, 6) is 0.223. The van der Waals surface area contributed by atoms with E-state index >= 15 is 0 Å². The molecular formula is C22H28N2O3S. The van der Waals surface area contributed by atoms with Crippen LogP contribution in [0.3, 0.4) is 0 Å². The number of nitrogens with zero attached hydrogens (tertiary/aromatic N) is 2. The number of piperidine rings is 1. The highest BCUT2D eigenvalue weighted by molar-refractivity contribution is 7.12. The first kappa shape index (κ1) is 20.4. The molecule has 6 heteroatoms. The Labute approximate surface area is 170 Å². The van der Waals surface area contributed by atoms with E-state index in [0.717, 1.165) is 23.4 Å². The van der Waals surface area contributed by atoms with Gasteiger partial charge >= 0.3 is 6.09 Å². The quantitative estimate of drug-likeness (QED) is 0.722. The van der Waals surface area contributed by atoms with Crippen molar-refractivity contribution in [3.8, 4) is 0 Å². The van der Waals surface area contributed by atoms with Crippen molar-refractivity contribution in [1.82, 2.24) is 4.90 Å². The van der Waals surface area contributed by atoms with Crippen LogP contribution in [0.1, 0.15) is 43.3 Å². The minimum absolute atomic E-state index is 0.00981. The van der Waals surface area contributed by atoms with Crippen LogP contribution >= 0.6 is 11.3 Å². The SMILES string of the molecule is CC(C)(C)OC(=O)N1CCCC(CN(C(=O)c2cccs2)c2ccccc2)C1. The Hall–Kier alpha value is -2.34. The number of hydrogen-bond donors (Lipinski definition) is 0. The Morgan fingerprint density at radius 1 is 1.18 bits per heavy atom. The fourth-order valence-corrected chi connectivity index (χ4v) is 4.08. The number of carbonyl (C=O) groups excluding carboxylic acids is 2. The molecule has 28 heavy (non-hydrogen) atoms. The number of anilines is 1. The molecule has 2 heterocycles. The van der Waals surface area contributed by atoms with Crippen molar-refractivity contribution in [1.29, 1.82) is 0 Å². The molecule has 1 fully saturated rings. The fraction of sp³-hybridized carbons (Fsp3) is 0.455. The van der Waals surface area contributed by atoms with Crippen molar-refractivity contribution in [2.45, 2.75) is 39.2 Å². The second-order valence-corrected chi connectivity index (χ2v) is 9.11. The summed E-state index contributed by atoms with van der Waals surface area (Å²) in [6.45, 7) is 7.53. The van der Waals surface area contributed by atoms with Gasteiger partial charge in [0.25, 0.3) is 5.91 Å². The van der Waals surface area contributed by atoms with E-state index in [4.69, 9.17) is 4.74 Å². The van der Waals surface area contributed by atoms with Crippen molar-refractivity contribution >= 4 is 29.0 Å². The van der Waals surface area contributed by atoms with Crippen LogP contribution in [0, 0.1) is 5.92 Å². The summed E-state index contributed by atoms with van der Waals surface area (Å²) in [6.07, 6.45) is 1.63. The topological polar surface area (TPSA) is 49.9 Å². The number of benzene rings is 1. The monoisotopic (exact) mass is 400 g/mol. The number of rotatable bonds is 4. The summed E-state index contributed by atoms with van der Waals surface area (Å²) in [7, 11) is 0. The molecule has 150 valence electrons. The van der Waals surface area contributed by atoms with Gasteiger partial charge in [0, 0.05) is 25.3 Å². The molecule has 1 aromatic carbocycles. The van der Waals surface area contributed by atoms with E-state index < -0.39 is 5.60 Å². The van der Waals surface area contributed by atoms with E-state index in [1.54, 1.807) is 4.90 Å². The summed E-state index contributed by atoms with van der Waals surface area (Å²) >= 11 is 1.45. The summed E-state index contributed by atoms with van der Waals surface area (Å²) in [4.78, 5) is 29.9. The summed E-state index contributed by atoms with van der Waals surface area (Å²) in [6, 6.07) is 13.5. The third-order valence-electron chi connectivity index (χ3n) is 4.66. The summed E-state index contributed by atoms with van der Waals surface area (Å²) in [5.41, 5.74) is 0.380. The first-order chi connectivity index (χ1) is 13.3. The van der Waals surface area contributed by atoms with E-state index in [9.17, 15) is 9.59 Å². The normalized spacial score (nSPS) is 17.2. The van der Waals surface area contributed by atoms with Crippen LogP contribution in [0.2, 0.25) is 0 Å². The molecule has 0 spiro atoms. The van der Waals surface area contributed by atoms with Crippen LogP contribution in [0.25, 0.3) is 0 Å². The minimum atomic E-state index is -0.505. The summed E-state index contributed by atoms with van der Waals surface area (Å²) < 4.78 is 5.53. The number of para-hydroxylation sites is 1. The van der Waals surface area contributed by atoms with E-state index in [0.29, 0.717) is 19.6 Å². The average Bonchev–Trinajstić information content (AvgIpc) is 3.20. The van der Waals surface area contributed by atoms with E-state index in [1.165, 1.54) is 11.3 Å². The smallest absolute Gasteiger partial charge is 0.410 e. The van der Waals surface area contributed by atoms with Gasteiger partial charge in [-0.3, -0.25) is 4.79 Å². The van der Waals surface area contributed by atoms with Crippen LogP contribution in [0.4, 0.5) is 10.5 Å². The summed E-state index contributed by atoms with van der Waals surface area (Å²) in [5, 5.41) is 1.92. The molecule has 2 aromatic rings. The Bertz CT molecular complexity index is 784. The van der Waals surface area contributed by atoms with Crippen molar-refractivity contribution < 1.29 is 14.3 Å². The Morgan fingerprint density at radius 3 is 2.57 bits per heavy atom. The standard InChI is InChI=1S/C22H28N2O3S/c1-22(2,3)27-21(26)23-13-7-9-17(15-23)16-24(18-10-5-4-6-11-18)20(25)19-12-8-14-28-19/h4-6,8,10-12,14,17H,7,9,13,15-16H2,1-3H3. The average molecular weight is 401 g/mol. The Morgan fingerprint density at radius 2 is 1.93 bits per heavy atom. The van der Waals surface area contributed by atoms with Crippen molar-refractivity contribution in [3.05, 3.63) is 52.7 Å². The van der Waals surface area contributed by atoms with Crippen molar-refractivity contribution in [2.75, 3.05) is 24.5 Å². The molecule has 0 aliphatic carbocycles. The lowest BCUT2D eigenvalue weighted by atomic mass is 9.97. The Balaban J connectivity index is 1.73. The lowest BCUT2D eigenvalue weighted by Crippen LogP contribution is -2.46. The molecule has 1 atom stereocenters. The van der Waals surface area contributed by atoms with Crippen molar-refractivity contribution in [3.63, 3.8) is 0 Å². The van der Waals surface area contributed by atoms with Gasteiger partial charge in [-0.15, -0.1) is 11.3 Å². The molecule has 1 saturated heterocycles. The third kappa shape index (κ3) is 5.35. The molecule has 5 nitrogen and oxygen atoms in total. The zero-order valence-corrected chi connectivity index (χ0v) is 17.6. The van der Waals surface area contributed by atoms with Gasteiger partial charge < -0.3 is 14.5 Å². The molecule has 1 unspecified atom stereocenters. The molecule has 1 aliphatic rings. The number of likely N-dealkylation sites (tertiary alicyclic amines) is 1. The predicted molar refractivity (Wildman–Crippen MR) is 113 cm³/mol. The van der Waals surface area contributed by atoms with Crippen LogP contribution in [0.5, 0.6) is 0 Å². The zero-order valence-electron chi connectivity index (χ0n) is 16.8. The largest absolute Gasteiger partial charge is 0.444 e. The molecule has 1 aromatic heterocycles. The first-order valence-electron chi connectivity index (χ1n) is 9.72. The predicted octanol–water partition coefficient (Wildman–Crippen LogP) is 5.04. The van der Waals surface area contributed by atoms with Gasteiger partial charge in [0.15, 0.2) is 0 Å². The van der Waals surface area contributed by atoms with Crippen molar-refractivity contribution in [2.24, 2.45) is 5.92 Å². The van der Waals surface area contributed by atoms with E-state index in [-0.39, 0.29) is 17.9 Å².